The molecule has 0 aromatic carbocycles. The van der Waals surface area contributed by atoms with Gasteiger partial charge < -0.3 is 10.2 Å². The Kier molecular flexibility index (Phi) is 6.58. The highest BCUT2D eigenvalue weighted by molar-refractivity contribution is 5.92. The fourth-order valence-electron chi connectivity index (χ4n) is 3.96. The van der Waals surface area contributed by atoms with E-state index in [-0.39, 0.29) is 29.8 Å². The van der Waals surface area contributed by atoms with Gasteiger partial charge in [-0.1, -0.05) is 12.1 Å². The molecule has 4 heterocycles. The molecule has 0 bridgehead atoms. The average molecular weight is 447 g/mol. The van der Waals surface area contributed by atoms with Crippen molar-refractivity contribution in [3.8, 4) is 11.1 Å². The maximum absolute atomic E-state index is 12.6. The van der Waals surface area contributed by atoms with Crippen LogP contribution in [0.15, 0.2) is 53.6 Å². The Bertz CT molecular complexity index is 1200. The van der Waals surface area contributed by atoms with Crippen molar-refractivity contribution in [3.63, 3.8) is 0 Å². The summed E-state index contributed by atoms with van der Waals surface area (Å²) in [6.07, 6.45) is 5.12. The highest BCUT2D eigenvalue weighted by Gasteiger charge is 2.25. The van der Waals surface area contributed by atoms with E-state index in [2.05, 4.69) is 20.4 Å². The van der Waals surface area contributed by atoms with E-state index in [9.17, 15) is 14.4 Å². The summed E-state index contributed by atoms with van der Waals surface area (Å²) >= 11 is 0. The normalized spacial score (nSPS) is 14.2. The molecule has 9 nitrogen and oxygen atoms in total. The van der Waals surface area contributed by atoms with E-state index in [0.717, 1.165) is 29.7 Å². The van der Waals surface area contributed by atoms with Gasteiger partial charge in [-0.2, -0.15) is 5.10 Å². The van der Waals surface area contributed by atoms with Gasteiger partial charge in [0.15, 0.2) is 0 Å². The first kappa shape index (κ1) is 22.3. The maximum Gasteiger partial charge on any atom is 0.269 e. The molecule has 9 heteroatoms. The number of nitrogens with zero attached hydrogens (tertiary/aromatic N) is 5. The Morgan fingerprint density at radius 1 is 1.00 bits per heavy atom. The number of pyridine rings is 2. The lowest BCUT2D eigenvalue weighted by Crippen LogP contribution is -2.41. The minimum atomic E-state index is -0.272. The molecule has 0 aliphatic carbocycles. The summed E-state index contributed by atoms with van der Waals surface area (Å²) in [5.41, 5.74) is 3.62. The lowest BCUT2D eigenvalue weighted by Gasteiger charge is -2.31. The van der Waals surface area contributed by atoms with Gasteiger partial charge in [0.25, 0.3) is 11.5 Å². The van der Waals surface area contributed by atoms with Gasteiger partial charge in [0, 0.05) is 61.3 Å². The molecule has 170 valence electrons. The molecule has 0 unspecified atom stereocenters. The van der Waals surface area contributed by atoms with E-state index in [1.807, 2.05) is 24.4 Å². The molecule has 1 N–H and O–H groups in total. The number of aromatic nitrogens is 4. The Labute approximate surface area is 191 Å². The molecule has 0 radical (unpaired) electrons. The molecule has 1 saturated heterocycles. The van der Waals surface area contributed by atoms with Crippen LogP contribution in [0, 0.1) is 6.92 Å². The topological polar surface area (TPSA) is 110 Å². The van der Waals surface area contributed by atoms with Crippen molar-refractivity contribution in [2.75, 3.05) is 20.1 Å². The van der Waals surface area contributed by atoms with Crippen LogP contribution in [-0.2, 0) is 11.3 Å². The molecule has 33 heavy (non-hydrogen) atoms. The number of piperidine rings is 1. The summed E-state index contributed by atoms with van der Waals surface area (Å²) in [6, 6.07) is 10.6. The molecule has 1 fully saturated rings. The number of hydrogen-bond donors (Lipinski definition) is 1. The summed E-state index contributed by atoms with van der Waals surface area (Å²) in [5.74, 6) is -0.0385. The third-order valence-electron chi connectivity index (χ3n) is 5.89. The maximum atomic E-state index is 12.6. The van der Waals surface area contributed by atoms with Crippen LogP contribution in [-0.4, -0.2) is 56.6 Å². The molecule has 0 atom stereocenters. The molecule has 0 spiro atoms. The summed E-state index contributed by atoms with van der Waals surface area (Å²) in [7, 11) is 1.57. The first-order chi connectivity index (χ1) is 15.9. The van der Waals surface area contributed by atoms with E-state index in [4.69, 9.17) is 0 Å². The number of carbonyl (C=O) groups is 2. The van der Waals surface area contributed by atoms with Crippen LogP contribution < -0.4 is 10.9 Å². The van der Waals surface area contributed by atoms with Crippen LogP contribution in [0.25, 0.3) is 11.1 Å². The molecule has 3 aromatic heterocycles. The van der Waals surface area contributed by atoms with E-state index in [1.54, 1.807) is 37.2 Å². The fourth-order valence-corrected chi connectivity index (χ4v) is 3.96. The monoisotopic (exact) mass is 446 g/mol. The van der Waals surface area contributed by atoms with Crippen molar-refractivity contribution in [3.05, 3.63) is 76.2 Å². The van der Waals surface area contributed by atoms with Gasteiger partial charge in [0.1, 0.15) is 12.2 Å². The average Bonchev–Trinajstić information content (AvgIpc) is 2.86. The molecule has 1 aliphatic rings. The van der Waals surface area contributed by atoms with Crippen LogP contribution in [0.5, 0.6) is 0 Å². The van der Waals surface area contributed by atoms with Gasteiger partial charge in [-0.25, -0.2) is 4.68 Å². The molecule has 2 amide bonds. The summed E-state index contributed by atoms with van der Waals surface area (Å²) < 4.78 is 1.22. The summed E-state index contributed by atoms with van der Waals surface area (Å²) in [5, 5.41) is 6.70. The van der Waals surface area contributed by atoms with E-state index >= 15 is 0 Å². The van der Waals surface area contributed by atoms with Gasteiger partial charge in [-0.3, -0.25) is 24.4 Å². The third-order valence-corrected chi connectivity index (χ3v) is 5.89. The molecule has 3 aromatic rings. The van der Waals surface area contributed by atoms with Crippen molar-refractivity contribution in [1.82, 2.24) is 30.0 Å². The van der Waals surface area contributed by atoms with Crippen LogP contribution in [0.2, 0.25) is 0 Å². The first-order valence-electron chi connectivity index (χ1n) is 10.9. The molecule has 4 rings (SSSR count). The number of rotatable bonds is 5. The van der Waals surface area contributed by atoms with Crippen LogP contribution in [0.4, 0.5) is 0 Å². The highest BCUT2D eigenvalue weighted by Crippen LogP contribution is 2.28. The number of likely N-dealkylation sites (tertiary alicyclic amines) is 1. The fraction of sp³-hybridized carbons (Fsp3) is 0.333. The van der Waals surface area contributed by atoms with Crippen LogP contribution in [0.3, 0.4) is 0 Å². The van der Waals surface area contributed by atoms with E-state index in [1.165, 1.54) is 10.7 Å². The van der Waals surface area contributed by atoms with Crippen LogP contribution in [0.1, 0.15) is 40.6 Å². The predicted octanol–water partition coefficient (Wildman–Crippen LogP) is 1.77. The third kappa shape index (κ3) is 5.14. The quantitative estimate of drug-likeness (QED) is 0.640. The molecular weight excluding hydrogens is 420 g/mol. The largest absolute Gasteiger partial charge is 0.354 e. The van der Waals surface area contributed by atoms with E-state index < -0.39 is 0 Å². The first-order valence-corrected chi connectivity index (χ1v) is 10.9. The SMILES string of the molecule is CNC(=O)c1ccc(-c2ccc(C3CCN(C(=O)Cn4nc(C)ccc4=O)CC3)nc2)cn1. The minimum Gasteiger partial charge on any atom is -0.354 e. The van der Waals surface area contributed by atoms with Gasteiger partial charge >= 0.3 is 0 Å². The minimum absolute atomic E-state index is 0.0368. The Morgan fingerprint density at radius 2 is 1.70 bits per heavy atom. The van der Waals surface area contributed by atoms with Crippen molar-refractivity contribution >= 4 is 11.8 Å². The second kappa shape index (κ2) is 9.72. The van der Waals surface area contributed by atoms with Crippen molar-refractivity contribution in [1.29, 1.82) is 0 Å². The van der Waals surface area contributed by atoms with Gasteiger partial charge in [-0.05, 0) is 38.0 Å². The standard InChI is InChI=1S/C24H26N6O3/c1-16-3-8-22(31)30(28-16)15-23(32)29-11-9-17(10-12-29)20-6-4-18(13-26-20)19-5-7-21(27-14-19)24(33)25-2/h3-8,13-14,17H,9-12,15H2,1-2H3,(H,25,33). The molecular formula is C24H26N6O3. The predicted molar refractivity (Wildman–Crippen MR) is 123 cm³/mol. The van der Waals surface area contributed by atoms with E-state index in [0.29, 0.717) is 24.5 Å². The number of aryl methyl sites for hydroxylation is 1. The Morgan fingerprint density at radius 3 is 2.30 bits per heavy atom. The second-order valence-electron chi connectivity index (χ2n) is 8.11. The number of carbonyl (C=O) groups excluding carboxylic acids is 2. The smallest absolute Gasteiger partial charge is 0.269 e. The molecule has 0 saturated carbocycles. The zero-order chi connectivity index (χ0) is 23.4. The zero-order valence-corrected chi connectivity index (χ0v) is 18.7. The van der Waals surface area contributed by atoms with Gasteiger partial charge in [0.05, 0.1) is 5.69 Å². The lowest BCUT2D eigenvalue weighted by molar-refractivity contribution is -0.133. The Balaban J connectivity index is 1.35. The highest BCUT2D eigenvalue weighted by atomic mass is 16.2. The number of nitrogens with one attached hydrogen (secondary N) is 1. The number of hydrogen-bond acceptors (Lipinski definition) is 6. The zero-order valence-electron chi connectivity index (χ0n) is 18.7. The van der Waals surface area contributed by atoms with Crippen molar-refractivity contribution in [2.45, 2.75) is 32.2 Å². The second-order valence-corrected chi connectivity index (χ2v) is 8.11. The van der Waals surface area contributed by atoms with Gasteiger partial charge in [0.2, 0.25) is 5.91 Å². The lowest BCUT2D eigenvalue weighted by atomic mass is 9.92. The van der Waals surface area contributed by atoms with Crippen LogP contribution >= 0.6 is 0 Å². The summed E-state index contributed by atoms with van der Waals surface area (Å²) in [4.78, 5) is 46.8. The Hall–Kier alpha value is -3.88. The number of amides is 2. The van der Waals surface area contributed by atoms with Crippen molar-refractivity contribution in [2.24, 2.45) is 0 Å². The van der Waals surface area contributed by atoms with Gasteiger partial charge in [-0.15, -0.1) is 0 Å². The molecule has 1 aliphatic heterocycles. The summed E-state index contributed by atoms with van der Waals surface area (Å²) in [6.45, 7) is 3.00. The van der Waals surface area contributed by atoms with Crippen molar-refractivity contribution < 1.29 is 9.59 Å².